The van der Waals surface area contributed by atoms with Crippen LogP contribution in [-0.2, 0) is 21.4 Å². The van der Waals surface area contributed by atoms with Crippen LogP contribution in [0.2, 0.25) is 0 Å². The third-order valence-corrected chi connectivity index (χ3v) is 5.44. The smallest absolute Gasteiger partial charge is 0.402 e. The highest BCUT2D eigenvalue weighted by atomic mass is 32.2. The average Bonchev–Trinajstić information content (AvgIpc) is 2.82. The summed E-state index contributed by atoms with van der Waals surface area (Å²) in [6.07, 6.45) is -4.45. The van der Waals surface area contributed by atoms with E-state index in [4.69, 9.17) is 0 Å². The van der Waals surface area contributed by atoms with Crippen molar-refractivity contribution in [2.45, 2.75) is 18.6 Å². The van der Waals surface area contributed by atoms with Crippen LogP contribution in [0.1, 0.15) is 16.5 Å². The summed E-state index contributed by atoms with van der Waals surface area (Å²) in [6.45, 7) is -1.92. The minimum atomic E-state index is -4.71. The van der Waals surface area contributed by atoms with Gasteiger partial charge in [-0.1, -0.05) is 0 Å². The molecule has 2 N–H and O–H groups in total. The summed E-state index contributed by atoms with van der Waals surface area (Å²) < 4.78 is 62.2. The number of rotatable bonds is 4. The van der Waals surface area contributed by atoms with Crippen molar-refractivity contribution >= 4 is 27.5 Å². The standard InChI is InChI=1S/C10H11F3N2O4S2/c11-10(12,13)5-14-21(18,19)15-3-1-7-6(2-4-20-7)8(15)9(16)17/h2,4,8,14H,1,3,5H2,(H,16,17). The molecule has 1 atom stereocenters. The van der Waals surface area contributed by atoms with Crippen LogP contribution < -0.4 is 4.72 Å². The van der Waals surface area contributed by atoms with Crippen molar-refractivity contribution in [1.82, 2.24) is 9.03 Å². The maximum absolute atomic E-state index is 12.1. The Balaban J connectivity index is 2.28. The molecule has 118 valence electrons. The topological polar surface area (TPSA) is 86.7 Å². The fourth-order valence-electron chi connectivity index (χ4n) is 2.06. The molecule has 21 heavy (non-hydrogen) atoms. The summed E-state index contributed by atoms with van der Waals surface area (Å²) >= 11 is 1.29. The van der Waals surface area contributed by atoms with Crippen LogP contribution in [0, 0.1) is 0 Å². The Hall–Kier alpha value is -1.17. The Bertz CT molecular complexity index is 641. The second-order valence-corrected chi connectivity index (χ2v) is 7.05. The molecule has 1 aliphatic heterocycles. The Morgan fingerprint density at radius 3 is 2.76 bits per heavy atom. The maximum Gasteiger partial charge on any atom is 0.402 e. The van der Waals surface area contributed by atoms with E-state index in [1.54, 1.807) is 5.38 Å². The third-order valence-electron chi connectivity index (χ3n) is 2.92. The van der Waals surface area contributed by atoms with E-state index in [0.29, 0.717) is 9.87 Å². The van der Waals surface area contributed by atoms with E-state index in [2.05, 4.69) is 0 Å². The molecular weight excluding hydrogens is 333 g/mol. The highest BCUT2D eigenvalue weighted by Gasteiger charge is 2.41. The molecule has 0 spiro atoms. The number of aliphatic carboxylic acids is 1. The van der Waals surface area contributed by atoms with E-state index in [0.717, 1.165) is 4.88 Å². The van der Waals surface area contributed by atoms with Crippen molar-refractivity contribution in [1.29, 1.82) is 0 Å². The summed E-state index contributed by atoms with van der Waals surface area (Å²) in [5.41, 5.74) is 0.302. The number of hydrogen-bond donors (Lipinski definition) is 2. The lowest BCUT2D eigenvalue weighted by atomic mass is 10.0. The largest absolute Gasteiger partial charge is 0.480 e. The minimum Gasteiger partial charge on any atom is -0.480 e. The Morgan fingerprint density at radius 1 is 1.52 bits per heavy atom. The molecule has 0 fully saturated rings. The number of carboxylic acid groups (broad SMARTS) is 1. The van der Waals surface area contributed by atoms with Gasteiger partial charge in [-0.2, -0.15) is 30.6 Å². The van der Waals surface area contributed by atoms with Crippen LogP contribution in [0.4, 0.5) is 13.2 Å². The van der Waals surface area contributed by atoms with Crippen molar-refractivity contribution < 1.29 is 31.5 Å². The number of nitrogens with zero attached hydrogens (tertiary/aromatic N) is 1. The van der Waals surface area contributed by atoms with E-state index in [-0.39, 0.29) is 13.0 Å². The van der Waals surface area contributed by atoms with Gasteiger partial charge in [0.1, 0.15) is 12.6 Å². The van der Waals surface area contributed by atoms with Gasteiger partial charge in [0.2, 0.25) is 0 Å². The molecule has 11 heteroatoms. The van der Waals surface area contributed by atoms with Gasteiger partial charge in [0.05, 0.1) is 0 Å². The molecule has 1 aromatic rings. The SMILES string of the molecule is O=C(O)C1c2ccsc2CCN1S(=O)(=O)NCC(F)(F)F. The summed E-state index contributed by atoms with van der Waals surface area (Å²) in [5.74, 6) is -1.42. The zero-order valence-electron chi connectivity index (χ0n) is 10.4. The minimum absolute atomic E-state index is 0.183. The van der Waals surface area contributed by atoms with Crippen LogP contribution in [0.5, 0.6) is 0 Å². The quantitative estimate of drug-likeness (QED) is 0.857. The van der Waals surface area contributed by atoms with E-state index in [9.17, 15) is 31.5 Å². The molecule has 0 radical (unpaired) electrons. The van der Waals surface area contributed by atoms with Crippen molar-refractivity contribution in [3.63, 3.8) is 0 Å². The molecule has 2 rings (SSSR count). The van der Waals surface area contributed by atoms with E-state index < -0.39 is 34.9 Å². The highest BCUT2D eigenvalue weighted by Crippen LogP contribution is 2.34. The fourth-order valence-corrected chi connectivity index (χ4v) is 4.29. The fraction of sp³-hybridized carbons (Fsp3) is 0.500. The van der Waals surface area contributed by atoms with Gasteiger partial charge >= 0.3 is 12.1 Å². The van der Waals surface area contributed by atoms with Crippen LogP contribution in [-0.4, -0.2) is 43.1 Å². The first-order valence-electron chi connectivity index (χ1n) is 5.74. The number of carboxylic acids is 1. The maximum atomic E-state index is 12.1. The highest BCUT2D eigenvalue weighted by molar-refractivity contribution is 7.87. The van der Waals surface area contributed by atoms with Crippen LogP contribution in [0.3, 0.4) is 0 Å². The number of carbonyl (C=O) groups is 1. The van der Waals surface area contributed by atoms with Gasteiger partial charge in [0.15, 0.2) is 0 Å². The van der Waals surface area contributed by atoms with E-state index in [1.165, 1.54) is 22.1 Å². The van der Waals surface area contributed by atoms with Crippen molar-refractivity contribution in [3.8, 4) is 0 Å². The number of alkyl halides is 3. The number of halogens is 3. The van der Waals surface area contributed by atoms with Gasteiger partial charge in [0, 0.05) is 11.4 Å². The molecular formula is C10H11F3N2O4S2. The number of fused-ring (bicyclic) bond motifs is 1. The van der Waals surface area contributed by atoms with Crippen molar-refractivity contribution in [2.75, 3.05) is 13.1 Å². The lowest BCUT2D eigenvalue weighted by molar-refractivity contribution is -0.142. The lowest BCUT2D eigenvalue weighted by Crippen LogP contribution is -2.49. The van der Waals surface area contributed by atoms with E-state index in [1.807, 2.05) is 0 Å². The molecule has 0 saturated heterocycles. The predicted molar refractivity (Wildman–Crippen MR) is 68.1 cm³/mol. The Kier molecular flexibility index (Phi) is 4.29. The van der Waals surface area contributed by atoms with Crippen molar-refractivity contribution in [3.05, 3.63) is 21.9 Å². The van der Waals surface area contributed by atoms with Gasteiger partial charge in [-0.15, -0.1) is 11.3 Å². The molecule has 0 bridgehead atoms. The Morgan fingerprint density at radius 2 is 2.19 bits per heavy atom. The summed E-state index contributed by atoms with van der Waals surface area (Å²) in [5, 5.41) is 10.8. The van der Waals surface area contributed by atoms with Gasteiger partial charge < -0.3 is 5.11 Å². The third kappa shape index (κ3) is 3.54. The monoisotopic (exact) mass is 344 g/mol. The first-order valence-corrected chi connectivity index (χ1v) is 8.06. The van der Waals surface area contributed by atoms with Crippen LogP contribution in [0.25, 0.3) is 0 Å². The number of thiophene rings is 1. The van der Waals surface area contributed by atoms with Gasteiger partial charge in [-0.05, 0) is 23.4 Å². The number of nitrogens with one attached hydrogen (secondary N) is 1. The number of hydrogen-bond acceptors (Lipinski definition) is 4. The Labute approximate surface area is 122 Å². The predicted octanol–water partition coefficient (Wildman–Crippen LogP) is 1.13. The van der Waals surface area contributed by atoms with Crippen LogP contribution in [0.15, 0.2) is 11.4 Å². The first kappa shape index (κ1) is 16.2. The second-order valence-electron chi connectivity index (χ2n) is 4.34. The summed E-state index contributed by atoms with van der Waals surface area (Å²) in [6, 6.07) is -0.0322. The molecule has 6 nitrogen and oxygen atoms in total. The average molecular weight is 344 g/mol. The zero-order valence-corrected chi connectivity index (χ0v) is 12.1. The first-order chi connectivity index (χ1) is 9.62. The van der Waals surface area contributed by atoms with Gasteiger partial charge in [-0.25, -0.2) is 0 Å². The van der Waals surface area contributed by atoms with Gasteiger partial charge in [0.25, 0.3) is 10.2 Å². The second kappa shape index (κ2) is 5.55. The summed E-state index contributed by atoms with van der Waals surface area (Å²) in [7, 11) is -4.54. The normalized spacial score (nSPS) is 20.2. The zero-order chi connectivity index (χ0) is 15.8. The van der Waals surface area contributed by atoms with E-state index >= 15 is 0 Å². The molecule has 2 heterocycles. The molecule has 0 aliphatic carbocycles. The van der Waals surface area contributed by atoms with Crippen LogP contribution >= 0.6 is 11.3 Å². The summed E-state index contributed by atoms with van der Waals surface area (Å²) in [4.78, 5) is 12.0. The molecule has 1 unspecified atom stereocenters. The molecule has 0 amide bonds. The molecule has 1 aromatic heterocycles. The van der Waals surface area contributed by atoms with Gasteiger partial charge in [-0.3, -0.25) is 4.79 Å². The molecule has 0 aromatic carbocycles. The van der Waals surface area contributed by atoms with Crippen molar-refractivity contribution in [2.24, 2.45) is 0 Å². The molecule has 0 saturated carbocycles. The lowest BCUT2D eigenvalue weighted by Gasteiger charge is -2.32. The molecule has 1 aliphatic rings.